The lowest BCUT2D eigenvalue weighted by Gasteiger charge is -2.14. The molecule has 10 heteroatoms. The number of hydrogen-bond acceptors (Lipinski definition) is 5. The molecule has 0 saturated carbocycles. The van der Waals surface area contributed by atoms with Gasteiger partial charge in [-0.1, -0.05) is 23.2 Å². The van der Waals surface area contributed by atoms with E-state index in [4.69, 9.17) is 28.9 Å². The monoisotopic (exact) mass is 335 g/mol. The van der Waals surface area contributed by atoms with Crippen molar-refractivity contribution in [1.29, 1.82) is 0 Å². The Bertz CT molecular complexity index is 717. The van der Waals surface area contributed by atoms with Gasteiger partial charge in [-0.25, -0.2) is 18.1 Å². The number of nitrogens with one attached hydrogen (secondary N) is 2. The van der Waals surface area contributed by atoms with Crippen LogP contribution in [-0.2, 0) is 10.0 Å². The molecule has 20 heavy (non-hydrogen) atoms. The fourth-order valence-corrected chi connectivity index (χ4v) is 3.50. The molecular formula is C10H11Cl2N5O2S. The number of halogens is 2. The van der Waals surface area contributed by atoms with Gasteiger partial charge in [-0.3, -0.25) is 5.10 Å². The van der Waals surface area contributed by atoms with Gasteiger partial charge in [0.2, 0.25) is 10.0 Å². The van der Waals surface area contributed by atoms with Gasteiger partial charge in [0.05, 0.1) is 21.8 Å². The summed E-state index contributed by atoms with van der Waals surface area (Å²) in [6, 6.07) is 2.06. The highest BCUT2D eigenvalue weighted by molar-refractivity contribution is 7.89. The summed E-state index contributed by atoms with van der Waals surface area (Å²) < 4.78 is 26.9. The Morgan fingerprint density at radius 1 is 1.40 bits per heavy atom. The summed E-state index contributed by atoms with van der Waals surface area (Å²) in [5.74, 6) is 0.381. The minimum absolute atomic E-state index is 0.0172. The van der Waals surface area contributed by atoms with Crippen molar-refractivity contribution in [2.24, 2.45) is 0 Å². The van der Waals surface area contributed by atoms with Crippen LogP contribution in [-0.4, -0.2) is 23.6 Å². The zero-order valence-electron chi connectivity index (χ0n) is 10.3. The number of aromatic nitrogens is 3. The van der Waals surface area contributed by atoms with Crippen molar-refractivity contribution in [3.05, 3.63) is 34.3 Å². The van der Waals surface area contributed by atoms with E-state index in [0.29, 0.717) is 5.82 Å². The summed E-state index contributed by atoms with van der Waals surface area (Å²) in [4.78, 5) is 3.73. The van der Waals surface area contributed by atoms with Gasteiger partial charge in [0, 0.05) is 0 Å². The molecule has 0 amide bonds. The predicted octanol–water partition coefficient (Wildman–Crippen LogP) is 1.73. The van der Waals surface area contributed by atoms with E-state index in [1.54, 1.807) is 6.92 Å². The van der Waals surface area contributed by atoms with E-state index in [-0.39, 0.29) is 20.6 Å². The number of nitrogens with two attached hydrogens (primary N) is 1. The molecule has 4 N–H and O–H groups in total. The quantitative estimate of drug-likeness (QED) is 0.736. The van der Waals surface area contributed by atoms with Crippen LogP contribution in [0.25, 0.3) is 0 Å². The molecule has 0 saturated heterocycles. The van der Waals surface area contributed by atoms with Crippen LogP contribution in [0, 0.1) is 0 Å². The molecule has 0 radical (unpaired) electrons. The molecule has 0 aliphatic rings. The first-order valence-corrected chi connectivity index (χ1v) is 7.68. The average Bonchev–Trinajstić information content (AvgIpc) is 2.89. The van der Waals surface area contributed by atoms with Crippen LogP contribution in [0.15, 0.2) is 23.4 Å². The molecule has 7 nitrogen and oxygen atoms in total. The average molecular weight is 336 g/mol. The summed E-state index contributed by atoms with van der Waals surface area (Å²) in [7, 11) is -3.86. The van der Waals surface area contributed by atoms with E-state index in [1.807, 2.05) is 0 Å². The van der Waals surface area contributed by atoms with Crippen molar-refractivity contribution < 1.29 is 8.42 Å². The lowest BCUT2D eigenvalue weighted by Crippen LogP contribution is -2.28. The van der Waals surface area contributed by atoms with Gasteiger partial charge in [0.15, 0.2) is 0 Å². The Labute approximate surface area is 125 Å². The van der Waals surface area contributed by atoms with Crippen LogP contribution in [0.4, 0.5) is 5.69 Å². The van der Waals surface area contributed by atoms with Gasteiger partial charge in [-0.2, -0.15) is 5.10 Å². The molecule has 2 rings (SSSR count). The summed E-state index contributed by atoms with van der Waals surface area (Å²) >= 11 is 11.7. The third kappa shape index (κ3) is 2.88. The van der Waals surface area contributed by atoms with Crippen molar-refractivity contribution in [3.8, 4) is 0 Å². The largest absolute Gasteiger partial charge is 0.396 e. The van der Waals surface area contributed by atoms with Gasteiger partial charge in [-0.05, 0) is 19.1 Å². The van der Waals surface area contributed by atoms with E-state index in [9.17, 15) is 8.42 Å². The van der Waals surface area contributed by atoms with Crippen LogP contribution in [0.3, 0.4) is 0 Å². The highest BCUT2D eigenvalue weighted by atomic mass is 35.5. The fourth-order valence-electron chi connectivity index (χ4n) is 1.53. The van der Waals surface area contributed by atoms with Crippen LogP contribution in [0.1, 0.15) is 18.8 Å². The maximum absolute atomic E-state index is 12.3. The number of aromatic amines is 1. The zero-order valence-corrected chi connectivity index (χ0v) is 12.6. The number of sulfonamides is 1. The summed E-state index contributed by atoms with van der Waals surface area (Å²) in [5, 5.41) is 6.31. The Hall–Kier alpha value is -1.35. The SMILES string of the molecule is CC(NS(=O)(=O)c1ccc(Cl)c(N)c1Cl)c1ncn[nH]1. The third-order valence-corrected chi connectivity index (χ3v) is 4.99. The Morgan fingerprint density at radius 2 is 2.10 bits per heavy atom. The first-order chi connectivity index (χ1) is 9.33. The topological polar surface area (TPSA) is 114 Å². The molecule has 0 aliphatic carbocycles. The number of benzene rings is 1. The van der Waals surface area contributed by atoms with Crippen molar-refractivity contribution >= 4 is 38.9 Å². The molecule has 1 heterocycles. The van der Waals surface area contributed by atoms with Gasteiger partial charge in [-0.15, -0.1) is 0 Å². The van der Waals surface area contributed by atoms with Crippen molar-refractivity contribution in [2.45, 2.75) is 17.9 Å². The minimum Gasteiger partial charge on any atom is -0.396 e. The summed E-state index contributed by atoms with van der Waals surface area (Å²) in [5.41, 5.74) is 5.64. The van der Waals surface area contributed by atoms with Gasteiger partial charge in [0.25, 0.3) is 0 Å². The summed E-state index contributed by atoms with van der Waals surface area (Å²) in [6.07, 6.45) is 1.29. The number of nitrogens with zero attached hydrogens (tertiary/aromatic N) is 2. The molecule has 0 fully saturated rings. The van der Waals surface area contributed by atoms with E-state index in [1.165, 1.54) is 18.5 Å². The second-order valence-corrected chi connectivity index (χ2v) is 6.45. The van der Waals surface area contributed by atoms with Crippen LogP contribution < -0.4 is 10.5 Å². The Kier molecular flexibility index (Phi) is 4.19. The Morgan fingerprint density at radius 3 is 2.70 bits per heavy atom. The maximum atomic E-state index is 12.3. The number of H-pyrrole nitrogens is 1. The van der Waals surface area contributed by atoms with Crippen molar-refractivity contribution in [2.75, 3.05) is 5.73 Å². The van der Waals surface area contributed by atoms with E-state index >= 15 is 0 Å². The molecule has 108 valence electrons. The molecule has 0 aliphatic heterocycles. The molecule has 1 atom stereocenters. The van der Waals surface area contributed by atoms with E-state index < -0.39 is 16.1 Å². The van der Waals surface area contributed by atoms with Gasteiger partial charge in [0.1, 0.15) is 17.0 Å². The smallest absolute Gasteiger partial charge is 0.242 e. The highest BCUT2D eigenvalue weighted by Crippen LogP contribution is 2.33. The lowest BCUT2D eigenvalue weighted by atomic mass is 10.3. The first kappa shape index (κ1) is 15.0. The number of hydrogen-bond donors (Lipinski definition) is 3. The first-order valence-electron chi connectivity index (χ1n) is 5.44. The summed E-state index contributed by atoms with van der Waals surface area (Å²) in [6.45, 7) is 1.62. The van der Waals surface area contributed by atoms with Crippen molar-refractivity contribution in [3.63, 3.8) is 0 Å². The maximum Gasteiger partial charge on any atom is 0.242 e. The van der Waals surface area contributed by atoms with E-state index in [2.05, 4.69) is 19.9 Å². The molecule has 0 spiro atoms. The molecule has 1 unspecified atom stereocenters. The highest BCUT2D eigenvalue weighted by Gasteiger charge is 2.24. The second kappa shape index (κ2) is 5.57. The standard InChI is InChI=1S/C10H11Cl2N5O2S/c1-5(10-14-4-15-16-10)17-20(18,19)7-3-2-6(11)9(13)8(7)12/h2-5,17H,13H2,1H3,(H,14,15,16). The minimum atomic E-state index is -3.86. The molecular weight excluding hydrogens is 325 g/mol. The second-order valence-electron chi connectivity index (χ2n) is 3.99. The molecule has 1 aromatic carbocycles. The number of anilines is 1. The molecule has 0 bridgehead atoms. The normalized spacial score (nSPS) is 13.3. The van der Waals surface area contributed by atoms with Crippen LogP contribution in [0.5, 0.6) is 0 Å². The van der Waals surface area contributed by atoms with Crippen molar-refractivity contribution in [1.82, 2.24) is 19.9 Å². The molecule has 1 aromatic heterocycles. The number of nitrogen functional groups attached to an aromatic ring is 1. The van der Waals surface area contributed by atoms with E-state index in [0.717, 1.165) is 0 Å². The fraction of sp³-hybridized carbons (Fsp3) is 0.200. The third-order valence-electron chi connectivity index (χ3n) is 2.56. The van der Waals surface area contributed by atoms with Gasteiger partial charge >= 0.3 is 0 Å². The Balaban J connectivity index is 2.34. The van der Waals surface area contributed by atoms with Gasteiger partial charge < -0.3 is 5.73 Å². The predicted molar refractivity (Wildman–Crippen MR) is 76.0 cm³/mol. The zero-order chi connectivity index (χ0) is 14.9. The van der Waals surface area contributed by atoms with Crippen LogP contribution in [0.2, 0.25) is 10.0 Å². The molecule has 2 aromatic rings. The lowest BCUT2D eigenvalue weighted by molar-refractivity contribution is 0.560. The number of rotatable bonds is 4. The van der Waals surface area contributed by atoms with Crippen LogP contribution >= 0.6 is 23.2 Å².